The Labute approximate surface area is 127 Å². The summed E-state index contributed by atoms with van der Waals surface area (Å²) in [5.41, 5.74) is -1.77. The Morgan fingerprint density at radius 3 is 2.26 bits per heavy atom. The van der Waals surface area contributed by atoms with E-state index in [1.807, 2.05) is 0 Å². The summed E-state index contributed by atoms with van der Waals surface area (Å²) >= 11 is 0. The van der Waals surface area contributed by atoms with Crippen LogP contribution in [0.2, 0.25) is 0 Å². The van der Waals surface area contributed by atoms with Crippen molar-refractivity contribution in [1.29, 1.82) is 0 Å². The van der Waals surface area contributed by atoms with E-state index in [2.05, 4.69) is 10.2 Å². The van der Waals surface area contributed by atoms with Crippen LogP contribution in [0.5, 0.6) is 0 Å². The van der Waals surface area contributed by atoms with Gasteiger partial charge < -0.3 is 0 Å². The Morgan fingerprint density at radius 1 is 1.13 bits per heavy atom. The molecule has 1 atom stereocenters. The van der Waals surface area contributed by atoms with Crippen LogP contribution in [0.25, 0.3) is 0 Å². The van der Waals surface area contributed by atoms with Crippen molar-refractivity contribution in [1.82, 2.24) is 10.4 Å². The SMILES string of the molecule is O=C1N(OC(F)(F)F)CCC1(NCC(F)(F)F)c1ccccc1. The van der Waals surface area contributed by atoms with E-state index in [-0.39, 0.29) is 17.0 Å². The lowest BCUT2D eigenvalue weighted by Crippen LogP contribution is -2.52. The summed E-state index contributed by atoms with van der Waals surface area (Å²) in [5, 5.41) is 2.09. The highest BCUT2D eigenvalue weighted by Crippen LogP contribution is 2.36. The first-order valence-electron chi connectivity index (χ1n) is 6.49. The third-order valence-corrected chi connectivity index (χ3v) is 3.35. The fourth-order valence-corrected chi connectivity index (χ4v) is 2.41. The Kier molecular flexibility index (Phi) is 4.58. The quantitative estimate of drug-likeness (QED) is 0.856. The molecule has 1 amide bonds. The average molecular weight is 342 g/mol. The molecule has 1 heterocycles. The Balaban J connectivity index is 2.31. The Hall–Kier alpha value is -1.81. The molecule has 0 aliphatic carbocycles. The fraction of sp³-hybridized carbons (Fsp3) is 0.462. The van der Waals surface area contributed by atoms with E-state index in [0.29, 0.717) is 0 Å². The minimum absolute atomic E-state index is 0.0381. The van der Waals surface area contributed by atoms with Gasteiger partial charge in [-0.1, -0.05) is 30.3 Å². The van der Waals surface area contributed by atoms with Crippen molar-refractivity contribution in [3.63, 3.8) is 0 Å². The molecule has 1 aliphatic heterocycles. The lowest BCUT2D eigenvalue weighted by Gasteiger charge is -2.30. The zero-order valence-electron chi connectivity index (χ0n) is 11.5. The molecule has 2 rings (SSSR count). The standard InChI is InChI=1S/C13H12F6N2O2/c14-12(15,16)8-20-11(9-4-2-1-3-5-9)6-7-21(10(11)22)23-13(17,18)19/h1-5,20H,6-8H2. The highest BCUT2D eigenvalue weighted by molar-refractivity contribution is 5.89. The van der Waals surface area contributed by atoms with Crippen LogP contribution in [-0.2, 0) is 15.2 Å². The molecule has 1 aromatic rings. The molecule has 0 spiro atoms. The predicted octanol–water partition coefficient (Wildman–Crippen LogP) is 2.72. The number of carbonyl (C=O) groups is 1. The first-order valence-corrected chi connectivity index (χ1v) is 6.49. The molecular formula is C13H12F6N2O2. The molecule has 4 nitrogen and oxygen atoms in total. The van der Waals surface area contributed by atoms with Crippen molar-refractivity contribution in [2.75, 3.05) is 13.1 Å². The van der Waals surface area contributed by atoms with Crippen molar-refractivity contribution in [2.24, 2.45) is 0 Å². The highest BCUT2D eigenvalue weighted by Gasteiger charge is 2.52. The van der Waals surface area contributed by atoms with E-state index < -0.39 is 37.1 Å². The number of alkyl halides is 6. The van der Waals surface area contributed by atoms with Gasteiger partial charge in [0.25, 0.3) is 5.91 Å². The molecule has 23 heavy (non-hydrogen) atoms. The molecule has 1 unspecified atom stereocenters. The fourth-order valence-electron chi connectivity index (χ4n) is 2.41. The number of hydrogen-bond acceptors (Lipinski definition) is 3. The van der Waals surface area contributed by atoms with Crippen molar-refractivity contribution >= 4 is 5.91 Å². The summed E-state index contributed by atoms with van der Waals surface area (Å²) in [7, 11) is 0. The molecule has 1 aliphatic rings. The van der Waals surface area contributed by atoms with Crippen LogP contribution in [0.1, 0.15) is 12.0 Å². The van der Waals surface area contributed by atoms with Gasteiger partial charge in [-0.05, 0) is 12.0 Å². The minimum atomic E-state index is -5.10. The maximum atomic E-state index is 12.5. The zero-order chi connectivity index (χ0) is 17.3. The van der Waals surface area contributed by atoms with Gasteiger partial charge in [0.2, 0.25) is 0 Å². The number of hydrogen-bond donors (Lipinski definition) is 1. The first kappa shape index (κ1) is 17.5. The molecule has 0 bridgehead atoms. The van der Waals surface area contributed by atoms with Gasteiger partial charge in [0.1, 0.15) is 5.54 Å². The van der Waals surface area contributed by atoms with E-state index in [1.54, 1.807) is 6.07 Å². The van der Waals surface area contributed by atoms with Crippen LogP contribution < -0.4 is 5.32 Å². The lowest BCUT2D eigenvalue weighted by atomic mass is 9.88. The van der Waals surface area contributed by atoms with Crippen LogP contribution in [0.4, 0.5) is 26.3 Å². The van der Waals surface area contributed by atoms with Crippen LogP contribution in [0, 0.1) is 0 Å². The minimum Gasteiger partial charge on any atom is -0.291 e. The van der Waals surface area contributed by atoms with Crippen molar-refractivity contribution < 1.29 is 36.0 Å². The molecule has 10 heteroatoms. The number of halogens is 6. The molecule has 1 saturated heterocycles. The zero-order valence-corrected chi connectivity index (χ0v) is 11.5. The predicted molar refractivity (Wildman–Crippen MR) is 65.6 cm³/mol. The van der Waals surface area contributed by atoms with Crippen LogP contribution >= 0.6 is 0 Å². The second kappa shape index (κ2) is 6.00. The van der Waals surface area contributed by atoms with Crippen molar-refractivity contribution in [2.45, 2.75) is 24.5 Å². The summed E-state index contributed by atoms with van der Waals surface area (Å²) in [6.07, 6.45) is -10.0. The highest BCUT2D eigenvalue weighted by atomic mass is 19.4. The van der Waals surface area contributed by atoms with Crippen LogP contribution in [-0.4, -0.2) is 36.6 Å². The summed E-state index contributed by atoms with van der Waals surface area (Å²) in [4.78, 5) is 15.9. The largest absolute Gasteiger partial charge is 0.544 e. The Bertz CT molecular complexity index is 560. The molecule has 0 aromatic heterocycles. The van der Waals surface area contributed by atoms with E-state index in [9.17, 15) is 31.1 Å². The summed E-state index contributed by atoms with van der Waals surface area (Å²) < 4.78 is 74.4. The van der Waals surface area contributed by atoms with Crippen molar-refractivity contribution in [3.8, 4) is 0 Å². The number of hydroxylamine groups is 2. The summed E-state index contributed by atoms with van der Waals surface area (Å²) in [6.45, 7) is -2.01. The van der Waals surface area contributed by atoms with Gasteiger partial charge in [-0.25, -0.2) is 5.06 Å². The van der Waals surface area contributed by atoms with Gasteiger partial charge >= 0.3 is 12.5 Å². The second-order valence-corrected chi connectivity index (χ2v) is 4.93. The lowest BCUT2D eigenvalue weighted by molar-refractivity contribution is -0.399. The van der Waals surface area contributed by atoms with E-state index in [4.69, 9.17) is 0 Å². The molecule has 0 radical (unpaired) electrons. The second-order valence-electron chi connectivity index (χ2n) is 4.93. The number of carbonyl (C=O) groups excluding carboxylic acids is 1. The smallest absolute Gasteiger partial charge is 0.291 e. The number of nitrogens with zero attached hydrogens (tertiary/aromatic N) is 1. The van der Waals surface area contributed by atoms with E-state index in [1.165, 1.54) is 24.3 Å². The van der Waals surface area contributed by atoms with Gasteiger partial charge in [0.05, 0.1) is 13.1 Å². The molecule has 1 fully saturated rings. The summed E-state index contributed by atoms with van der Waals surface area (Å²) in [5.74, 6) is -1.22. The van der Waals surface area contributed by atoms with Crippen LogP contribution in [0.15, 0.2) is 30.3 Å². The third kappa shape index (κ3) is 4.14. The van der Waals surface area contributed by atoms with E-state index >= 15 is 0 Å². The maximum Gasteiger partial charge on any atom is 0.544 e. The Morgan fingerprint density at radius 2 is 1.74 bits per heavy atom. The van der Waals surface area contributed by atoms with Crippen LogP contribution in [0.3, 0.4) is 0 Å². The summed E-state index contributed by atoms with van der Waals surface area (Å²) in [6, 6.07) is 7.28. The van der Waals surface area contributed by atoms with Gasteiger partial charge in [-0.3, -0.25) is 10.1 Å². The maximum absolute atomic E-state index is 12.5. The third-order valence-electron chi connectivity index (χ3n) is 3.35. The first-order chi connectivity index (χ1) is 10.5. The average Bonchev–Trinajstić information content (AvgIpc) is 2.74. The number of nitrogens with one attached hydrogen (secondary N) is 1. The topological polar surface area (TPSA) is 41.6 Å². The monoisotopic (exact) mass is 342 g/mol. The number of rotatable bonds is 4. The normalized spacial score (nSPS) is 22.7. The number of benzene rings is 1. The van der Waals surface area contributed by atoms with Gasteiger partial charge in [0.15, 0.2) is 0 Å². The molecule has 1 aromatic carbocycles. The van der Waals surface area contributed by atoms with Gasteiger partial charge in [0, 0.05) is 0 Å². The molecule has 1 N–H and O–H groups in total. The van der Waals surface area contributed by atoms with E-state index in [0.717, 1.165) is 0 Å². The number of amides is 1. The van der Waals surface area contributed by atoms with Crippen molar-refractivity contribution in [3.05, 3.63) is 35.9 Å². The van der Waals surface area contributed by atoms with Gasteiger partial charge in [-0.2, -0.15) is 18.0 Å². The molecule has 0 saturated carbocycles. The molecule has 128 valence electrons. The van der Waals surface area contributed by atoms with Gasteiger partial charge in [-0.15, -0.1) is 13.2 Å². The molecular weight excluding hydrogens is 330 g/mol.